The second kappa shape index (κ2) is 10.6. The number of esters is 1. The maximum Gasteiger partial charge on any atom is 0.407 e. The van der Waals surface area contributed by atoms with Gasteiger partial charge < -0.3 is 20.1 Å². The molecule has 0 heterocycles. The van der Waals surface area contributed by atoms with Crippen molar-refractivity contribution in [1.82, 2.24) is 5.32 Å². The SMILES string of the molecule is CC(C)C(=O)Nc1ccc(C(=O)C(C)OC(=O)CCNC(=O)OC(C)(C)C)cc1. The predicted octanol–water partition coefficient (Wildman–Crippen LogP) is 3.31. The molecule has 0 radical (unpaired) electrons. The van der Waals surface area contributed by atoms with Gasteiger partial charge in [-0.1, -0.05) is 13.8 Å². The van der Waals surface area contributed by atoms with Crippen LogP contribution in [0, 0.1) is 5.92 Å². The monoisotopic (exact) mass is 406 g/mol. The Bertz CT molecular complexity index is 735. The van der Waals surface area contributed by atoms with E-state index in [0.717, 1.165) is 0 Å². The minimum absolute atomic E-state index is 0.0406. The number of carbonyl (C=O) groups is 4. The van der Waals surface area contributed by atoms with E-state index in [0.29, 0.717) is 11.3 Å². The van der Waals surface area contributed by atoms with Gasteiger partial charge in [0, 0.05) is 23.7 Å². The molecule has 29 heavy (non-hydrogen) atoms. The second-order valence-electron chi connectivity index (χ2n) is 7.90. The minimum Gasteiger partial charge on any atom is -0.454 e. The number of anilines is 1. The van der Waals surface area contributed by atoms with Crippen LogP contribution in [0.25, 0.3) is 0 Å². The van der Waals surface area contributed by atoms with E-state index in [-0.39, 0.29) is 30.6 Å². The number of hydrogen-bond donors (Lipinski definition) is 2. The summed E-state index contributed by atoms with van der Waals surface area (Å²) in [5.41, 5.74) is 0.316. The van der Waals surface area contributed by atoms with Gasteiger partial charge in [0.1, 0.15) is 5.60 Å². The lowest BCUT2D eigenvalue weighted by Gasteiger charge is -2.19. The van der Waals surface area contributed by atoms with Crippen LogP contribution >= 0.6 is 0 Å². The van der Waals surface area contributed by atoms with E-state index in [1.165, 1.54) is 6.92 Å². The third-order valence-corrected chi connectivity index (χ3v) is 3.64. The number of amides is 2. The number of carbonyl (C=O) groups excluding carboxylic acids is 4. The van der Waals surface area contributed by atoms with Gasteiger partial charge in [0.2, 0.25) is 11.7 Å². The molecule has 0 spiro atoms. The number of alkyl carbamates (subject to hydrolysis) is 1. The highest BCUT2D eigenvalue weighted by atomic mass is 16.6. The molecule has 160 valence electrons. The number of ether oxygens (including phenoxy) is 2. The van der Waals surface area contributed by atoms with Gasteiger partial charge in [-0.25, -0.2) is 4.79 Å². The van der Waals surface area contributed by atoms with E-state index < -0.39 is 23.8 Å². The summed E-state index contributed by atoms with van der Waals surface area (Å²) in [4.78, 5) is 47.5. The lowest BCUT2D eigenvalue weighted by molar-refractivity contribution is -0.146. The Labute approximate surface area is 171 Å². The normalized spacial score (nSPS) is 12.1. The number of rotatable bonds is 8. The van der Waals surface area contributed by atoms with Crippen LogP contribution in [-0.2, 0) is 19.1 Å². The van der Waals surface area contributed by atoms with Crippen molar-refractivity contribution >= 4 is 29.4 Å². The van der Waals surface area contributed by atoms with Gasteiger partial charge >= 0.3 is 12.1 Å². The summed E-state index contributed by atoms with van der Waals surface area (Å²) >= 11 is 0. The molecule has 0 aliphatic heterocycles. The van der Waals surface area contributed by atoms with Crippen LogP contribution in [0.1, 0.15) is 58.3 Å². The average Bonchev–Trinajstić information content (AvgIpc) is 2.59. The Morgan fingerprint density at radius 2 is 1.59 bits per heavy atom. The van der Waals surface area contributed by atoms with Crippen molar-refractivity contribution in [2.75, 3.05) is 11.9 Å². The zero-order chi connectivity index (χ0) is 22.2. The number of hydrogen-bond acceptors (Lipinski definition) is 6. The molecule has 0 aromatic heterocycles. The number of benzene rings is 1. The fraction of sp³-hybridized carbons (Fsp3) is 0.524. The van der Waals surface area contributed by atoms with Crippen LogP contribution in [0.2, 0.25) is 0 Å². The van der Waals surface area contributed by atoms with Crippen molar-refractivity contribution in [3.63, 3.8) is 0 Å². The Hall–Kier alpha value is -2.90. The van der Waals surface area contributed by atoms with Gasteiger partial charge in [-0.05, 0) is 52.0 Å². The Morgan fingerprint density at radius 1 is 1.00 bits per heavy atom. The Morgan fingerprint density at radius 3 is 2.10 bits per heavy atom. The molecule has 8 nitrogen and oxygen atoms in total. The first-order valence-corrected chi connectivity index (χ1v) is 9.50. The van der Waals surface area contributed by atoms with E-state index in [4.69, 9.17) is 9.47 Å². The van der Waals surface area contributed by atoms with E-state index in [1.54, 1.807) is 58.9 Å². The van der Waals surface area contributed by atoms with Crippen LogP contribution in [0.3, 0.4) is 0 Å². The summed E-state index contributed by atoms with van der Waals surface area (Å²) in [6, 6.07) is 6.36. The lowest BCUT2D eigenvalue weighted by Crippen LogP contribution is -2.34. The highest BCUT2D eigenvalue weighted by Gasteiger charge is 2.20. The molecule has 0 saturated heterocycles. The molecule has 8 heteroatoms. The average molecular weight is 406 g/mol. The Balaban J connectivity index is 2.48. The quantitative estimate of drug-likeness (QED) is 0.506. The van der Waals surface area contributed by atoms with Gasteiger partial charge in [0.05, 0.1) is 6.42 Å². The molecule has 0 bridgehead atoms. The van der Waals surface area contributed by atoms with Crippen molar-refractivity contribution in [3.05, 3.63) is 29.8 Å². The minimum atomic E-state index is -0.972. The maximum absolute atomic E-state index is 12.4. The fourth-order valence-electron chi connectivity index (χ4n) is 2.13. The summed E-state index contributed by atoms with van der Waals surface area (Å²) in [7, 11) is 0. The molecule has 2 N–H and O–H groups in total. The van der Waals surface area contributed by atoms with Crippen molar-refractivity contribution in [1.29, 1.82) is 0 Å². The molecule has 1 atom stereocenters. The topological polar surface area (TPSA) is 111 Å². The molecular weight excluding hydrogens is 376 g/mol. The van der Waals surface area contributed by atoms with Crippen molar-refractivity contribution in [3.8, 4) is 0 Å². The van der Waals surface area contributed by atoms with E-state index >= 15 is 0 Å². The number of Topliss-reactive ketones (excluding diaryl/α,β-unsaturated/α-hetero) is 1. The smallest absolute Gasteiger partial charge is 0.407 e. The summed E-state index contributed by atoms with van der Waals surface area (Å²) in [5.74, 6) is -1.24. The molecule has 2 amide bonds. The molecule has 0 aliphatic rings. The van der Waals surface area contributed by atoms with Gasteiger partial charge in [-0.15, -0.1) is 0 Å². The van der Waals surface area contributed by atoms with Crippen LogP contribution < -0.4 is 10.6 Å². The zero-order valence-electron chi connectivity index (χ0n) is 17.8. The highest BCUT2D eigenvalue weighted by molar-refractivity contribution is 6.01. The summed E-state index contributed by atoms with van der Waals surface area (Å²) in [6.45, 7) is 10.3. The van der Waals surface area contributed by atoms with Crippen LogP contribution in [0.15, 0.2) is 24.3 Å². The van der Waals surface area contributed by atoms with Crippen molar-refractivity contribution in [2.45, 2.75) is 59.7 Å². The summed E-state index contributed by atoms with van der Waals surface area (Å²) < 4.78 is 10.2. The van der Waals surface area contributed by atoms with Gasteiger partial charge in [-0.3, -0.25) is 14.4 Å². The molecule has 1 unspecified atom stereocenters. The fourth-order valence-corrected chi connectivity index (χ4v) is 2.13. The number of ketones is 1. The molecule has 1 rings (SSSR count). The van der Waals surface area contributed by atoms with Crippen LogP contribution in [-0.4, -0.2) is 42.0 Å². The van der Waals surface area contributed by atoms with Crippen LogP contribution in [0.4, 0.5) is 10.5 Å². The maximum atomic E-state index is 12.4. The lowest BCUT2D eigenvalue weighted by atomic mass is 10.1. The predicted molar refractivity (Wildman–Crippen MR) is 109 cm³/mol. The third kappa shape index (κ3) is 9.23. The molecule has 1 aromatic rings. The second-order valence-corrected chi connectivity index (χ2v) is 7.90. The molecular formula is C21H30N2O6. The molecule has 0 aliphatic carbocycles. The first-order valence-electron chi connectivity index (χ1n) is 9.50. The van der Waals surface area contributed by atoms with E-state index in [1.807, 2.05) is 0 Å². The zero-order valence-corrected chi connectivity index (χ0v) is 17.8. The van der Waals surface area contributed by atoms with Gasteiger partial charge in [0.15, 0.2) is 6.10 Å². The standard InChI is InChI=1S/C21H30N2O6/c1-13(2)19(26)23-16-9-7-15(8-10-16)18(25)14(3)28-17(24)11-12-22-20(27)29-21(4,5)6/h7-10,13-14H,11-12H2,1-6H3,(H,22,27)(H,23,26). The van der Waals surface area contributed by atoms with Gasteiger partial charge in [-0.2, -0.15) is 0 Å². The molecule has 1 aromatic carbocycles. The van der Waals surface area contributed by atoms with Crippen molar-refractivity contribution < 1.29 is 28.7 Å². The third-order valence-electron chi connectivity index (χ3n) is 3.64. The summed E-state index contributed by atoms with van der Waals surface area (Å²) in [5, 5.41) is 5.19. The summed E-state index contributed by atoms with van der Waals surface area (Å²) in [6.07, 6.45) is -1.68. The molecule has 0 fully saturated rings. The highest BCUT2D eigenvalue weighted by Crippen LogP contribution is 2.14. The van der Waals surface area contributed by atoms with E-state index in [2.05, 4.69) is 10.6 Å². The first kappa shape index (κ1) is 24.1. The molecule has 0 saturated carbocycles. The van der Waals surface area contributed by atoms with Crippen molar-refractivity contribution in [2.24, 2.45) is 5.92 Å². The van der Waals surface area contributed by atoms with Crippen LogP contribution in [0.5, 0.6) is 0 Å². The van der Waals surface area contributed by atoms with E-state index in [9.17, 15) is 19.2 Å². The van der Waals surface area contributed by atoms with Gasteiger partial charge in [0.25, 0.3) is 0 Å². The largest absolute Gasteiger partial charge is 0.454 e. The number of nitrogens with one attached hydrogen (secondary N) is 2. The Kier molecular flexibility index (Phi) is 8.82. The first-order chi connectivity index (χ1) is 13.4.